The number of fused-ring (bicyclic) bond motifs is 1. The quantitative estimate of drug-likeness (QED) is 0.241. The van der Waals surface area contributed by atoms with E-state index in [1.165, 1.54) is 33.3 Å². The number of ketones is 1. The van der Waals surface area contributed by atoms with Crippen LogP contribution in [0.2, 0.25) is 0 Å². The first-order valence-corrected chi connectivity index (χ1v) is 11.3. The van der Waals surface area contributed by atoms with Crippen molar-refractivity contribution in [2.75, 3.05) is 20.0 Å². The predicted molar refractivity (Wildman–Crippen MR) is 120 cm³/mol. The number of carboxylic acid groups (broad SMARTS) is 1. The van der Waals surface area contributed by atoms with Gasteiger partial charge in [0.25, 0.3) is 11.8 Å². The van der Waals surface area contributed by atoms with Crippen LogP contribution in [0.5, 0.6) is 0 Å². The third-order valence-electron chi connectivity index (χ3n) is 5.49. The number of imide groups is 1. The molecule has 3 N–H and O–H groups in total. The molecule has 2 unspecified atom stereocenters. The Hall–Kier alpha value is -2.60. The highest BCUT2D eigenvalue weighted by Gasteiger charge is 2.51. The molecule has 10 nitrogen and oxygen atoms in total. The van der Waals surface area contributed by atoms with Crippen molar-refractivity contribution in [3.05, 3.63) is 35.4 Å². The normalized spacial score (nSPS) is 16.0. The number of ether oxygens (including phenoxy) is 2. The second kappa shape index (κ2) is 11.5. The van der Waals surface area contributed by atoms with Crippen molar-refractivity contribution < 1.29 is 38.6 Å². The van der Waals surface area contributed by atoms with Gasteiger partial charge in [-0.1, -0.05) is 23.9 Å². The zero-order valence-electron chi connectivity index (χ0n) is 18.7. The van der Waals surface area contributed by atoms with E-state index in [9.17, 15) is 29.1 Å². The molecule has 2 amide bonds. The number of amides is 2. The topological polar surface area (TPSA) is 153 Å². The first-order chi connectivity index (χ1) is 15.6. The van der Waals surface area contributed by atoms with Crippen LogP contribution < -0.4 is 5.73 Å². The van der Waals surface area contributed by atoms with E-state index in [0.29, 0.717) is 0 Å². The summed E-state index contributed by atoms with van der Waals surface area (Å²) < 4.78 is 10.2. The van der Waals surface area contributed by atoms with Crippen molar-refractivity contribution >= 4 is 40.4 Å². The molecule has 0 fully saturated rings. The van der Waals surface area contributed by atoms with Crippen molar-refractivity contribution in [3.8, 4) is 0 Å². The van der Waals surface area contributed by atoms with E-state index >= 15 is 0 Å². The third kappa shape index (κ3) is 5.85. The molecular formula is C22H28N2O8S. The SMILES string of the molecule is COC(CCCC(N)(C(=O)O)C(=O)C(CCSC(C)=O)N1C(=O)c2ccccc2C1=O)OC. The predicted octanol–water partition coefficient (Wildman–Crippen LogP) is 1.46. The fourth-order valence-electron chi connectivity index (χ4n) is 3.70. The summed E-state index contributed by atoms with van der Waals surface area (Å²) in [5.74, 6) is -3.84. The number of carbonyl (C=O) groups excluding carboxylic acids is 4. The number of Topliss-reactive ketones (excluding diaryl/α,β-unsaturated/α-hetero) is 1. The monoisotopic (exact) mass is 480 g/mol. The average molecular weight is 481 g/mol. The van der Waals surface area contributed by atoms with E-state index in [4.69, 9.17) is 15.2 Å². The van der Waals surface area contributed by atoms with E-state index in [-0.39, 0.29) is 47.7 Å². The standard InChI is InChI=1S/C22H28N2O8S/c1-13(25)33-12-10-16(24-19(27)14-7-4-5-8-15(14)20(24)28)18(26)22(23,21(29)30)11-6-9-17(31-2)32-3/h4-5,7-8,16-17H,6,9-12,23H2,1-3H3,(H,29,30). The fraction of sp³-hybridized carbons (Fsp3) is 0.500. The Morgan fingerprint density at radius 2 is 1.64 bits per heavy atom. The molecule has 0 saturated heterocycles. The van der Waals surface area contributed by atoms with Crippen molar-refractivity contribution in [1.29, 1.82) is 0 Å². The fourth-order valence-corrected chi connectivity index (χ4v) is 4.32. The van der Waals surface area contributed by atoms with Gasteiger partial charge in [0.05, 0.1) is 11.1 Å². The molecule has 1 aromatic rings. The number of methoxy groups -OCH3 is 2. The van der Waals surface area contributed by atoms with E-state index in [2.05, 4.69) is 0 Å². The molecule has 0 bridgehead atoms. The number of hydrogen-bond donors (Lipinski definition) is 2. The maximum absolute atomic E-state index is 13.5. The van der Waals surface area contributed by atoms with Gasteiger partial charge in [-0.2, -0.15) is 0 Å². The van der Waals surface area contributed by atoms with Gasteiger partial charge >= 0.3 is 5.97 Å². The number of aliphatic carboxylic acids is 1. The highest BCUT2D eigenvalue weighted by atomic mass is 32.2. The molecule has 180 valence electrons. The van der Waals surface area contributed by atoms with Crippen molar-refractivity contribution in [2.24, 2.45) is 5.73 Å². The lowest BCUT2D eigenvalue weighted by Crippen LogP contribution is -2.62. The number of hydrogen-bond acceptors (Lipinski definition) is 9. The molecule has 1 aromatic carbocycles. The van der Waals surface area contributed by atoms with Crippen LogP contribution in [0.4, 0.5) is 0 Å². The van der Waals surface area contributed by atoms with Crippen molar-refractivity contribution in [2.45, 2.75) is 50.5 Å². The van der Waals surface area contributed by atoms with E-state index in [1.807, 2.05) is 0 Å². The van der Waals surface area contributed by atoms with E-state index in [0.717, 1.165) is 16.7 Å². The minimum Gasteiger partial charge on any atom is -0.480 e. The Balaban J connectivity index is 2.35. The van der Waals surface area contributed by atoms with Crippen LogP contribution in [0.25, 0.3) is 0 Å². The molecular weight excluding hydrogens is 452 g/mol. The van der Waals surface area contributed by atoms with Crippen LogP contribution in [-0.4, -0.2) is 76.5 Å². The molecule has 1 aliphatic heterocycles. The Bertz CT molecular complexity index is 898. The number of carboxylic acids is 1. The minimum atomic E-state index is -2.35. The molecule has 33 heavy (non-hydrogen) atoms. The summed E-state index contributed by atoms with van der Waals surface area (Å²) >= 11 is 0.907. The van der Waals surface area contributed by atoms with Gasteiger partial charge < -0.3 is 20.3 Å². The summed E-state index contributed by atoms with van der Waals surface area (Å²) in [5.41, 5.74) is 3.99. The Morgan fingerprint density at radius 1 is 1.09 bits per heavy atom. The minimum absolute atomic E-state index is 0.101. The first kappa shape index (κ1) is 26.7. The number of nitrogens with zero attached hydrogens (tertiary/aromatic N) is 1. The van der Waals surface area contributed by atoms with Gasteiger partial charge in [0.2, 0.25) is 0 Å². The van der Waals surface area contributed by atoms with Gasteiger partial charge in [-0.25, -0.2) is 4.79 Å². The van der Waals surface area contributed by atoms with Crippen LogP contribution in [0.1, 0.15) is 53.3 Å². The summed E-state index contributed by atoms with van der Waals surface area (Å²) in [6.45, 7) is 1.34. The van der Waals surface area contributed by atoms with Crippen LogP contribution in [0.3, 0.4) is 0 Å². The lowest BCUT2D eigenvalue weighted by molar-refractivity contribution is -0.150. The molecule has 0 saturated carbocycles. The van der Waals surface area contributed by atoms with Crippen LogP contribution in [0, 0.1) is 0 Å². The highest BCUT2D eigenvalue weighted by Crippen LogP contribution is 2.29. The summed E-state index contributed by atoms with van der Waals surface area (Å²) in [5, 5.41) is 9.62. The molecule has 2 atom stereocenters. The number of carbonyl (C=O) groups is 5. The number of rotatable bonds is 13. The van der Waals surface area contributed by atoms with Gasteiger partial charge in [-0.3, -0.25) is 24.1 Å². The van der Waals surface area contributed by atoms with E-state index in [1.54, 1.807) is 12.1 Å². The largest absolute Gasteiger partial charge is 0.480 e. The van der Waals surface area contributed by atoms with Crippen LogP contribution in [0.15, 0.2) is 24.3 Å². The Morgan fingerprint density at radius 3 is 2.09 bits per heavy atom. The zero-order chi connectivity index (χ0) is 24.8. The van der Waals surface area contributed by atoms with Crippen LogP contribution >= 0.6 is 11.8 Å². The van der Waals surface area contributed by atoms with Gasteiger partial charge in [0.15, 0.2) is 22.7 Å². The van der Waals surface area contributed by atoms with Gasteiger partial charge in [0, 0.05) is 26.9 Å². The molecule has 1 aliphatic rings. The number of thioether (sulfide) groups is 1. The third-order valence-corrected chi connectivity index (χ3v) is 6.34. The molecule has 0 radical (unpaired) electrons. The van der Waals surface area contributed by atoms with Gasteiger partial charge in [-0.05, 0) is 37.8 Å². The second-order valence-corrected chi connectivity index (χ2v) is 8.88. The molecule has 0 spiro atoms. The Kier molecular flexibility index (Phi) is 9.29. The van der Waals surface area contributed by atoms with Gasteiger partial charge in [-0.15, -0.1) is 0 Å². The number of benzene rings is 1. The number of nitrogens with two attached hydrogens (primary N) is 1. The molecule has 0 aliphatic carbocycles. The smallest absolute Gasteiger partial charge is 0.331 e. The Labute approximate surface area is 195 Å². The highest BCUT2D eigenvalue weighted by molar-refractivity contribution is 8.13. The lowest BCUT2D eigenvalue weighted by atomic mass is 9.84. The molecule has 2 rings (SSSR count). The van der Waals surface area contributed by atoms with Gasteiger partial charge in [0.1, 0.15) is 6.04 Å². The van der Waals surface area contributed by atoms with Crippen molar-refractivity contribution in [3.63, 3.8) is 0 Å². The summed E-state index contributed by atoms with van der Waals surface area (Å²) in [6.07, 6.45) is -0.511. The summed E-state index contributed by atoms with van der Waals surface area (Å²) in [4.78, 5) is 63.7. The average Bonchev–Trinajstić information content (AvgIpc) is 3.04. The lowest BCUT2D eigenvalue weighted by Gasteiger charge is -2.32. The molecule has 11 heteroatoms. The maximum Gasteiger partial charge on any atom is 0.331 e. The van der Waals surface area contributed by atoms with Crippen molar-refractivity contribution in [1.82, 2.24) is 4.90 Å². The summed E-state index contributed by atoms with van der Waals surface area (Å²) in [6, 6.07) is 4.66. The van der Waals surface area contributed by atoms with E-state index < -0.39 is 41.4 Å². The van der Waals surface area contributed by atoms with Crippen LogP contribution in [-0.2, 0) is 23.9 Å². The summed E-state index contributed by atoms with van der Waals surface area (Å²) in [7, 11) is 2.86. The second-order valence-electron chi connectivity index (χ2n) is 7.60. The first-order valence-electron chi connectivity index (χ1n) is 10.3. The molecule has 1 heterocycles. The maximum atomic E-state index is 13.5. The zero-order valence-corrected chi connectivity index (χ0v) is 19.6. The molecule has 0 aromatic heterocycles.